The first-order chi connectivity index (χ1) is 18.4. The summed E-state index contributed by atoms with van der Waals surface area (Å²) in [5.41, 5.74) is 3.90. The number of nitrogens with zero attached hydrogens (tertiary/aromatic N) is 2. The Labute approximate surface area is 226 Å². The standard InChI is InChI=1S/C30H33FN2O4S/c1-19-15-22(29(34)33-13-3-2-4-14-33)9-10-23(19)17-37-27-12-11-24(31)16-25(27)26-18-38-28(32-26)20-5-7-21(8-6-20)30(35)36/h9-12,15-16,18,20-21H,2-8,13-14,17H2,1H3,(H,35,36)/t20-,21-. The number of aromatic nitrogens is 1. The van der Waals surface area contributed by atoms with Crippen LogP contribution in [0.5, 0.6) is 5.75 Å². The SMILES string of the molecule is Cc1cc(C(=O)N2CCCCC2)ccc1COc1ccc(F)cc1-c1csc([C@H]2CC[C@H](C(=O)O)CC2)n1. The van der Waals surface area contributed by atoms with Crippen molar-refractivity contribution in [3.05, 3.63) is 69.3 Å². The van der Waals surface area contributed by atoms with Crippen molar-refractivity contribution in [3.8, 4) is 17.0 Å². The van der Waals surface area contributed by atoms with Gasteiger partial charge in [0.2, 0.25) is 0 Å². The molecule has 0 bridgehead atoms. The third-order valence-electron chi connectivity index (χ3n) is 7.78. The van der Waals surface area contributed by atoms with Crippen LogP contribution in [0.2, 0.25) is 0 Å². The molecule has 1 saturated heterocycles. The van der Waals surface area contributed by atoms with Crippen LogP contribution in [-0.2, 0) is 11.4 Å². The van der Waals surface area contributed by atoms with E-state index >= 15 is 0 Å². The average Bonchev–Trinajstić information content (AvgIpc) is 3.43. The predicted octanol–water partition coefficient (Wildman–Crippen LogP) is 6.82. The molecule has 0 unspecified atom stereocenters. The van der Waals surface area contributed by atoms with Crippen LogP contribution in [0.3, 0.4) is 0 Å². The maximum atomic E-state index is 14.2. The van der Waals surface area contributed by atoms with E-state index in [9.17, 15) is 19.1 Å². The number of aliphatic carboxylic acids is 1. The van der Waals surface area contributed by atoms with Crippen LogP contribution < -0.4 is 4.74 Å². The van der Waals surface area contributed by atoms with Crippen LogP contribution in [0.25, 0.3) is 11.3 Å². The Morgan fingerprint density at radius 2 is 1.84 bits per heavy atom. The van der Waals surface area contributed by atoms with Crippen molar-refractivity contribution in [2.45, 2.75) is 64.4 Å². The van der Waals surface area contributed by atoms with E-state index in [0.29, 0.717) is 42.0 Å². The summed E-state index contributed by atoms with van der Waals surface area (Å²) in [5, 5.41) is 12.2. The minimum Gasteiger partial charge on any atom is -0.488 e. The number of likely N-dealkylation sites (tertiary alicyclic amines) is 1. The van der Waals surface area contributed by atoms with Crippen molar-refractivity contribution in [2.24, 2.45) is 5.92 Å². The Balaban J connectivity index is 1.28. The highest BCUT2D eigenvalue weighted by Gasteiger charge is 2.28. The van der Waals surface area contributed by atoms with Gasteiger partial charge in [0, 0.05) is 35.5 Å². The normalized spacial score (nSPS) is 19.8. The van der Waals surface area contributed by atoms with E-state index in [1.807, 2.05) is 35.4 Å². The number of amides is 1. The fourth-order valence-corrected chi connectivity index (χ4v) is 6.43. The van der Waals surface area contributed by atoms with Crippen molar-refractivity contribution in [1.82, 2.24) is 9.88 Å². The number of aryl methyl sites for hydroxylation is 1. The summed E-state index contributed by atoms with van der Waals surface area (Å²) in [6, 6.07) is 10.2. The molecule has 8 heteroatoms. The minimum absolute atomic E-state index is 0.0804. The van der Waals surface area contributed by atoms with Gasteiger partial charge < -0.3 is 14.7 Å². The number of piperidine rings is 1. The quantitative estimate of drug-likeness (QED) is 0.358. The second kappa shape index (κ2) is 11.6. The Hall–Kier alpha value is -3.26. The topological polar surface area (TPSA) is 79.7 Å². The highest BCUT2D eigenvalue weighted by molar-refractivity contribution is 7.10. The molecule has 200 valence electrons. The summed E-state index contributed by atoms with van der Waals surface area (Å²) in [6.07, 6.45) is 6.21. The van der Waals surface area contributed by atoms with Crippen molar-refractivity contribution >= 4 is 23.2 Å². The monoisotopic (exact) mass is 536 g/mol. The number of thiazole rings is 1. The molecule has 2 aliphatic rings. The second-order valence-corrected chi connectivity index (χ2v) is 11.3. The fourth-order valence-electron chi connectivity index (χ4n) is 5.44. The zero-order valence-electron chi connectivity index (χ0n) is 21.6. The Morgan fingerprint density at radius 1 is 1.08 bits per heavy atom. The number of benzene rings is 2. The van der Waals surface area contributed by atoms with Gasteiger partial charge in [-0.3, -0.25) is 9.59 Å². The van der Waals surface area contributed by atoms with E-state index in [1.54, 1.807) is 6.07 Å². The maximum absolute atomic E-state index is 14.2. The molecule has 2 heterocycles. The van der Waals surface area contributed by atoms with Crippen LogP contribution in [0.1, 0.15) is 77.4 Å². The lowest BCUT2D eigenvalue weighted by molar-refractivity contribution is -0.142. The lowest BCUT2D eigenvalue weighted by atomic mass is 9.82. The maximum Gasteiger partial charge on any atom is 0.306 e. The number of carbonyl (C=O) groups is 2. The Morgan fingerprint density at radius 3 is 2.55 bits per heavy atom. The molecule has 1 N–H and O–H groups in total. The summed E-state index contributed by atoms with van der Waals surface area (Å²) in [5.74, 6) is -0.489. The highest BCUT2D eigenvalue weighted by Crippen LogP contribution is 2.40. The summed E-state index contributed by atoms with van der Waals surface area (Å²) in [7, 11) is 0. The Kier molecular flexibility index (Phi) is 8.07. The molecule has 1 saturated carbocycles. The average molecular weight is 537 g/mol. The zero-order chi connectivity index (χ0) is 26.6. The molecule has 38 heavy (non-hydrogen) atoms. The molecule has 0 radical (unpaired) electrons. The zero-order valence-corrected chi connectivity index (χ0v) is 22.4. The smallest absolute Gasteiger partial charge is 0.306 e. The van der Waals surface area contributed by atoms with Gasteiger partial charge in [0.05, 0.1) is 16.6 Å². The number of hydrogen-bond acceptors (Lipinski definition) is 5. The molecule has 1 aliphatic heterocycles. The number of rotatable bonds is 7. The van der Waals surface area contributed by atoms with E-state index in [-0.39, 0.29) is 23.6 Å². The third kappa shape index (κ3) is 5.90. The van der Waals surface area contributed by atoms with Crippen molar-refractivity contribution in [2.75, 3.05) is 13.1 Å². The van der Waals surface area contributed by atoms with Gasteiger partial charge in [0.25, 0.3) is 5.91 Å². The van der Waals surface area contributed by atoms with Crippen LogP contribution in [-0.4, -0.2) is 40.0 Å². The molecule has 0 spiro atoms. The molecule has 1 amide bonds. The van der Waals surface area contributed by atoms with Crippen LogP contribution in [0.15, 0.2) is 41.8 Å². The van der Waals surface area contributed by atoms with E-state index in [1.165, 1.54) is 29.9 Å². The van der Waals surface area contributed by atoms with Crippen LogP contribution in [0.4, 0.5) is 4.39 Å². The van der Waals surface area contributed by atoms with Crippen molar-refractivity contribution in [3.63, 3.8) is 0 Å². The molecule has 3 aromatic rings. The fraction of sp³-hybridized carbons (Fsp3) is 0.433. The summed E-state index contributed by atoms with van der Waals surface area (Å²) < 4.78 is 20.4. The number of ether oxygens (including phenoxy) is 1. The first-order valence-corrected chi connectivity index (χ1v) is 14.3. The predicted molar refractivity (Wildman–Crippen MR) is 145 cm³/mol. The van der Waals surface area contributed by atoms with E-state index < -0.39 is 5.97 Å². The van der Waals surface area contributed by atoms with Gasteiger partial charge in [0.15, 0.2) is 0 Å². The summed E-state index contributed by atoms with van der Waals surface area (Å²) >= 11 is 1.54. The molecule has 5 rings (SSSR count). The van der Waals surface area contributed by atoms with Crippen LogP contribution >= 0.6 is 11.3 Å². The molecule has 2 fully saturated rings. The van der Waals surface area contributed by atoms with Gasteiger partial charge in [-0.15, -0.1) is 11.3 Å². The number of hydrogen-bond donors (Lipinski definition) is 1. The van der Waals surface area contributed by atoms with Crippen LogP contribution in [0, 0.1) is 18.7 Å². The van der Waals surface area contributed by atoms with Gasteiger partial charge in [-0.1, -0.05) is 6.07 Å². The van der Waals surface area contributed by atoms with Gasteiger partial charge in [0.1, 0.15) is 18.2 Å². The van der Waals surface area contributed by atoms with E-state index in [0.717, 1.165) is 54.9 Å². The Bertz CT molecular complexity index is 1310. The first-order valence-electron chi connectivity index (χ1n) is 13.4. The molecule has 2 aromatic carbocycles. The molecular formula is C30H33FN2O4S. The highest BCUT2D eigenvalue weighted by atomic mass is 32.1. The first kappa shape index (κ1) is 26.4. The number of carboxylic acids is 1. The number of halogens is 1. The van der Waals surface area contributed by atoms with E-state index in [4.69, 9.17) is 9.72 Å². The number of carboxylic acid groups (broad SMARTS) is 1. The number of carbonyl (C=O) groups excluding carboxylic acids is 1. The molecular weight excluding hydrogens is 503 g/mol. The lowest BCUT2D eigenvalue weighted by Gasteiger charge is -2.27. The largest absolute Gasteiger partial charge is 0.488 e. The third-order valence-corrected chi connectivity index (χ3v) is 8.79. The lowest BCUT2D eigenvalue weighted by Crippen LogP contribution is -2.35. The summed E-state index contributed by atoms with van der Waals surface area (Å²) in [6.45, 7) is 3.90. The molecule has 1 aliphatic carbocycles. The minimum atomic E-state index is -0.719. The molecule has 6 nitrogen and oxygen atoms in total. The second-order valence-electron chi connectivity index (χ2n) is 10.4. The van der Waals surface area contributed by atoms with Gasteiger partial charge >= 0.3 is 5.97 Å². The van der Waals surface area contributed by atoms with Crippen molar-refractivity contribution < 1.29 is 23.8 Å². The van der Waals surface area contributed by atoms with Crippen molar-refractivity contribution in [1.29, 1.82) is 0 Å². The van der Waals surface area contributed by atoms with Gasteiger partial charge in [-0.25, -0.2) is 9.37 Å². The van der Waals surface area contributed by atoms with E-state index in [2.05, 4.69) is 0 Å². The molecule has 1 aromatic heterocycles. The molecule has 0 atom stereocenters. The van der Waals surface area contributed by atoms with Gasteiger partial charge in [-0.05, 0) is 93.3 Å². The van der Waals surface area contributed by atoms with Gasteiger partial charge in [-0.2, -0.15) is 0 Å². The summed E-state index contributed by atoms with van der Waals surface area (Å²) in [4.78, 5) is 30.9.